The zero-order valence-corrected chi connectivity index (χ0v) is 10.0. The summed E-state index contributed by atoms with van der Waals surface area (Å²) in [5, 5.41) is 8.28. The van der Waals surface area contributed by atoms with Crippen molar-refractivity contribution in [2.24, 2.45) is 0 Å². The van der Waals surface area contributed by atoms with E-state index in [2.05, 4.69) is 47.0 Å². The second-order valence-electron chi connectivity index (χ2n) is 4.31. The average Bonchev–Trinajstić information content (AvgIpc) is 2.45. The van der Waals surface area contributed by atoms with Crippen LogP contribution in [-0.4, -0.2) is 15.0 Å². The van der Waals surface area contributed by atoms with Gasteiger partial charge < -0.3 is 0 Å². The van der Waals surface area contributed by atoms with Crippen LogP contribution in [0.3, 0.4) is 0 Å². The van der Waals surface area contributed by atoms with Gasteiger partial charge in [0.2, 0.25) is 0 Å². The first kappa shape index (κ1) is 9.65. The van der Waals surface area contributed by atoms with Crippen LogP contribution in [0.15, 0.2) is 22.7 Å². The monoisotopic (exact) mass is 253 g/mol. The van der Waals surface area contributed by atoms with Crippen LogP contribution >= 0.6 is 15.9 Å². The molecule has 4 heteroatoms. The number of halogens is 1. The van der Waals surface area contributed by atoms with Crippen molar-refractivity contribution in [3.8, 4) is 0 Å². The Labute approximate surface area is 91.2 Å². The van der Waals surface area contributed by atoms with Crippen molar-refractivity contribution in [1.82, 2.24) is 15.0 Å². The molecule has 0 unspecified atom stereocenters. The third-order valence-electron chi connectivity index (χ3n) is 2.04. The lowest BCUT2D eigenvalue weighted by Gasteiger charge is -2.19. The summed E-state index contributed by atoms with van der Waals surface area (Å²) in [6.07, 6.45) is 0. The molecule has 2 aromatic rings. The van der Waals surface area contributed by atoms with E-state index in [0.29, 0.717) is 0 Å². The first-order chi connectivity index (χ1) is 6.48. The summed E-state index contributed by atoms with van der Waals surface area (Å²) < 4.78 is 2.97. The van der Waals surface area contributed by atoms with Crippen LogP contribution in [0.1, 0.15) is 20.8 Å². The lowest BCUT2D eigenvalue weighted by Crippen LogP contribution is -2.22. The van der Waals surface area contributed by atoms with Gasteiger partial charge in [0.15, 0.2) is 0 Å². The fourth-order valence-electron chi connectivity index (χ4n) is 1.39. The standard InChI is InChI=1S/C10H12BrN3/c1-10(2,3)14-9-5-4-7(11)6-8(9)12-13-14/h4-6H,1-3H3. The van der Waals surface area contributed by atoms with Crippen molar-refractivity contribution < 1.29 is 0 Å². The molecule has 0 saturated heterocycles. The predicted octanol–water partition coefficient (Wildman–Crippen LogP) is 2.95. The van der Waals surface area contributed by atoms with E-state index in [1.165, 1.54) is 0 Å². The van der Waals surface area contributed by atoms with Gasteiger partial charge in [0.25, 0.3) is 0 Å². The largest absolute Gasteiger partial charge is 0.239 e. The molecule has 0 N–H and O–H groups in total. The topological polar surface area (TPSA) is 30.7 Å². The van der Waals surface area contributed by atoms with E-state index in [9.17, 15) is 0 Å². The Kier molecular flexibility index (Phi) is 2.10. The van der Waals surface area contributed by atoms with Gasteiger partial charge in [-0.15, -0.1) is 5.10 Å². The molecule has 0 bridgehead atoms. The van der Waals surface area contributed by atoms with E-state index in [0.717, 1.165) is 15.5 Å². The molecule has 3 nitrogen and oxygen atoms in total. The fourth-order valence-corrected chi connectivity index (χ4v) is 1.74. The number of fused-ring (bicyclic) bond motifs is 1. The van der Waals surface area contributed by atoms with Crippen LogP contribution in [0, 0.1) is 0 Å². The fraction of sp³-hybridized carbons (Fsp3) is 0.400. The second-order valence-corrected chi connectivity index (χ2v) is 5.22. The summed E-state index contributed by atoms with van der Waals surface area (Å²) in [5.41, 5.74) is 1.97. The lowest BCUT2D eigenvalue weighted by molar-refractivity contribution is 0.358. The quantitative estimate of drug-likeness (QED) is 0.723. The molecule has 0 radical (unpaired) electrons. The van der Waals surface area contributed by atoms with E-state index in [1.54, 1.807) is 0 Å². The predicted molar refractivity (Wildman–Crippen MR) is 60.2 cm³/mol. The Hall–Kier alpha value is -0.900. The van der Waals surface area contributed by atoms with Crippen LogP contribution < -0.4 is 0 Å². The Morgan fingerprint density at radius 2 is 2.00 bits per heavy atom. The van der Waals surface area contributed by atoms with E-state index < -0.39 is 0 Å². The van der Waals surface area contributed by atoms with E-state index in [-0.39, 0.29) is 5.54 Å². The molecule has 1 heterocycles. The van der Waals surface area contributed by atoms with Crippen molar-refractivity contribution in [2.75, 3.05) is 0 Å². The minimum Gasteiger partial charge on any atom is -0.239 e. The molecule has 0 aliphatic heterocycles. The van der Waals surface area contributed by atoms with E-state index in [4.69, 9.17) is 0 Å². The van der Waals surface area contributed by atoms with Gasteiger partial charge in [0, 0.05) is 4.47 Å². The molecule has 0 saturated carbocycles. The van der Waals surface area contributed by atoms with Gasteiger partial charge in [0.05, 0.1) is 11.1 Å². The number of aromatic nitrogens is 3. The summed E-state index contributed by atoms with van der Waals surface area (Å²) in [7, 11) is 0. The van der Waals surface area contributed by atoms with Gasteiger partial charge in [-0.2, -0.15) is 0 Å². The molecule has 14 heavy (non-hydrogen) atoms. The van der Waals surface area contributed by atoms with Gasteiger partial charge in [-0.3, -0.25) is 0 Å². The van der Waals surface area contributed by atoms with Crippen molar-refractivity contribution in [3.05, 3.63) is 22.7 Å². The highest BCUT2D eigenvalue weighted by atomic mass is 79.9. The van der Waals surface area contributed by atoms with Crippen molar-refractivity contribution >= 4 is 27.0 Å². The highest BCUT2D eigenvalue weighted by Crippen LogP contribution is 2.22. The summed E-state index contributed by atoms with van der Waals surface area (Å²) in [5.74, 6) is 0. The van der Waals surface area contributed by atoms with E-state index in [1.807, 2.05) is 22.9 Å². The number of hydrogen-bond acceptors (Lipinski definition) is 2. The zero-order valence-electron chi connectivity index (χ0n) is 8.45. The summed E-state index contributed by atoms with van der Waals surface area (Å²) in [6, 6.07) is 6.02. The summed E-state index contributed by atoms with van der Waals surface area (Å²) >= 11 is 3.42. The average molecular weight is 254 g/mol. The third kappa shape index (κ3) is 1.54. The third-order valence-corrected chi connectivity index (χ3v) is 2.54. The van der Waals surface area contributed by atoms with Gasteiger partial charge in [-0.25, -0.2) is 4.68 Å². The molecule has 2 rings (SSSR count). The number of rotatable bonds is 0. The number of hydrogen-bond donors (Lipinski definition) is 0. The Balaban J connectivity index is 2.70. The van der Waals surface area contributed by atoms with Crippen LogP contribution in [-0.2, 0) is 5.54 Å². The van der Waals surface area contributed by atoms with E-state index >= 15 is 0 Å². The lowest BCUT2D eigenvalue weighted by atomic mass is 10.1. The van der Waals surface area contributed by atoms with Crippen molar-refractivity contribution in [1.29, 1.82) is 0 Å². The molecule has 0 spiro atoms. The second kappa shape index (κ2) is 3.05. The Morgan fingerprint density at radius 1 is 1.29 bits per heavy atom. The van der Waals surface area contributed by atoms with Crippen LogP contribution in [0.4, 0.5) is 0 Å². The number of nitrogens with zero attached hydrogens (tertiary/aromatic N) is 3. The zero-order chi connectivity index (χ0) is 10.3. The maximum atomic E-state index is 4.15. The van der Waals surface area contributed by atoms with Gasteiger partial charge >= 0.3 is 0 Å². The normalized spacial score (nSPS) is 12.3. The molecule has 0 fully saturated rings. The molecule has 0 atom stereocenters. The SMILES string of the molecule is CC(C)(C)n1nnc2cc(Br)ccc21. The summed E-state index contributed by atoms with van der Waals surface area (Å²) in [4.78, 5) is 0. The molecule has 1 aromatic carbocycles. The number of benzene rings is 1. The van der Waals surface area contributed by atoms with Crippen molar-refractivity contribution in [2.45, 2.75) is 26.3 Å². The van der Waals surface area contributed by atoms with Gasteiger partial charge in [0.1, 0.15) is 5.52 Å². The summed E-state index contributed by atoms with van der Waals surface area (Å²) in [6.45, 7) is 6.34. The molecule has 1 aromatic heterocycles. The van der Waals surface area contributed by atoms with Gasteiger partial charge in [-0.1, -0.05) is 21.1 Å². The molecule has 0 amide bonds. The minimum atomic E-state index is -0.0252. The van der Waals surface area contributed by atoms with Crippen LogP contribution in [0.2, 0.25) is 0 Å². The maximum Gasteiger partial charge on any atom is 0.114 e. The molecular weight excluding hydrogens is 242 g/mol. The highest BCUT2D eigenvalue weighted by Gasteiger charge is 2.17. The smallest absolute Gasteiger partial charge is 0.114 e. The van der Waals surface area contributed by atoms with Crippen LogP contribution in [0.5, 0.6) is 0 Å². The maximum absolute atomic E-state index is 4.15. The first-order valence-electron chi connectivity index (χ1n) is 4.50. The Bertz CT molecular complexity index is 468. The highest BCUT2D eigenvalue weighted by molar-refractivity contribution is 9.10. The first-order valence-corrected chi connectivity index (χ1v) is 5.29. The Morgan fingerprint density at radius 3 is 2.64 bits per heavy atom. The van der Waals surface area contributed by atoms with Crippen molar-refractivity contribution in [3.63, 3.8) is 0 Å². The molecular formula is C10H12BrN3. The molecule has 74 valence electrons. The molecule has 0 aliphatic rings. The van der Waals surface area contributed by atoms with Crippen LogP contribution in [0.25, 0.3) is 11.0 Å². The van der Waals surface area contributed by atoms with Gasteiger partial charge in [-0.05, 0) is 39.0 Å². The molecule has 0 aliphatic carbocycles. The minimum absolute atomic E-state index is 0.0252.